The smallest absolute Gasteiger partial charge is 0.214 e. The van der Waals surface area contributed by atoms with E-state index in [2.05, 4.69) is 24.5 Å². The van der Waals surface area contributed by atoms with E-state index in [1.807, 2.05) is 62.5 Å². The van der Waals surface area contributed by atoms with E-state index < -0.39 is 0 Å². The Kier molecular flexibility index (Phi) is 11.4. The molecular formula is C23H35N3O. The number of unbranched alkanes of at least 4 members (excludes halogenated alkanes) is 4. The number of anilines is 4. The average Bonchev–Trinajstić information content (AvgIpc) is 2.71. The molecule has 0 aliphatic rings. The molecule has 0 heterocycles. The Hall–Kier alpha value is -2.49. The Labute approximate surface area is 165 Å². The minimum absolute atomic E-state index is 0.643. The van der Waals surface area contributed by atoms with Crippen molar-refractivity contribution in [1.82, 2.24) is 0 Å². The molecule has 0 saturated carbocycles. The van der Waals surface area contributed by atoms with Gasteiger partial charge in [-0.15, -0.1) is 0 Å². The summed E-state index contributed by atoms with van der Waals surface area (Å²) in [6.07, 6.45) is 7.86. The third-order valence-electron chi connectivity index (χ3n) is 4.31. The van der Waals surface area contributed by atoms with Crippen molar-refractivity contribution in [3.63, 3.8) is 0 Å². The normalized spacial score (nSPS) is 9.78. The monoisotopic (exact) mass is 369 g/mol. The van der Waals surface area contributed by atoms with E-state index in [9.17, 15) is 4.79 Å². The minimum atomic E-state index is 0.643. The van der Waals surface area contributed by atoms with Crippen molar-refractivity contribution in [2.24, 2.45) is 0 Å². The van der Waals surface area contributed by atoms with Crippen LogP contribution in [0.1, 0.15) is 52.9 Å². The average molecular weight is 370 g/mol. The van der Waals surface area contributed by atoms with Crippen molar-refractivity contribution in [1.29, 1.82) is 0 Å². The lowest BCUT2D eigenvalue weighted by atomic mass is 10.2. The Morgan fingerprint density at radius 2 is 1.56 bits per heavy atom. The molecule has 0 aromatic heterocycles. The largest absolute Gasteiger partial charge is 0.386 e. The van der Waals surface area contributed by atoms with Gasteiger partial charge in [-0.05, 0) is 37.3 Å². The van der Waals surface area contributed by atoms with Crippen LogP contribution >= 0.6 is 0 Å². The first-order valence-electron chi connectivity index (χ1n) is 10.1. The molecule has 0 unspecified atom stereocenters. The predicted octanol–water partition coefficient (Wildman–Crippen LogP) is 6.43. The maximum atomic E-state index is 11.1. The summed E-state index contributed by atoms with van der Waals surface area (Å²) in [5.41, 5.74) is 3.81. The van der Waals surface area contributed by atoms with Gasteiger partial charge in [-0.1, -0.05) is 64.2 Å². The highest BCUT2D eigenvalue weighted by atomic mass is 16.1. The second-order valence-electron chi connectivity index (χ2n) is 6.43. The lowest BCUT2D eigenvalue weighted by molar-refractivity contribution is -0.107. The molecular weight excluding hydrogens is 334 g/mol. The molecule has 2 N–H and O–H groups in total. The van der Waals surface area contributed by atoms with Gasteiger partial charge in [0.2, 0.25) is 6.41 Å². The predicted molar refractivity (Wildman–Crippen MR) is 119 cm³/mol. The Morgan fingerprint density at radius 3 is 2.07 bits per heavy atom. The Bertz CT molecular complexity index is 639. The SMILES string of the molecule is CCCCCCC.CCN(C=O)c1ccc(Nc2ccccc2)cc1NC. The molecule has 0 aliphatic carbocycles. The summed E-state index contributed by atoms with van der Waals surface area (Å²) in [6, 6.07) is 15.9. The second kappa shape index (κ2) is 13.7. The van der Waals surface area contributed by atoms with Gasteiger partial charge in [0, 0.05) is 25.0 Å². The van der Waals surface area contributed by atoms with Gasteiger partial charge < -0.3 is 15.5 Å². The molecule has 0 radical (unpaired) electrons. The fourth-order valence-corrected chi connectivity index (χ4v) is 2.73. The quantitative estimate of drug-likeness (QED) is 0.374. The highest BCUT2D eigenvalue weighted by Crippen LogP contribution is 2.29. The molecule has 0 aliphatic heterocycles. The van der Waals surface area contributed by atoms with Crippen LogP contribution in [0, 0.1) is 0 Å². The van der Waals surface area contributed by atoms with Crippen LogP contribution in [0.2, 0.25) is 0 Å². The van der Waals surface area contributed by atoms with Crippen LogP contribution in [-0.4, -0.2) is 20.0 Å². The van der Waals surface area contributed by atoms with Gasteiger partial charge in [-0.25, -0.2) is 0 Å². The molecule has 2 aromatic rings. The number of carbonyl (C=O) groups excluding carboxylic acids is 1. The van der Waals surface area contributed by atoms with E-state index in [1.54, 1.807) is 4.90 Å². The summed E-state index contributed by atoms with van der Waals surface area (Å²) in [7, 11) is 1.85. The number of nitrogens with one attached hydrogen (secondary N) is 2. The number of benzene rings is 2. The third kappa shape index (κ3) is 8.16. The van der Waals surface area contributed by atoms with Crippen molar-refractivity contribution in [2.75, 3.05) is 29.1 Å². The van der Waals surface area contributed by atoms with Crippen LogP contribution in [0.15, 0.2) is 48.5 Å². The second-order valence-corrected chi connectivity index (χ2v) is 6.43. The number of carbonyl (C=O) groups is 1. The van der Waals surface area contributed by atoms with Gasteiger partial charge in [0.15, 0.2) is 0 Å². The molecule has 0 spiro atoms. The number of rotatable bonds is 10. The zero-order chi connectivity index (χ0) is 19.9. The summed E-state index contributed by atoms with van der Waals surface area (Å²) in [4.78, 5) is 12.7. The van der Waals surface area contributed by atoms with Crippen LogP contribution in [-0.2, 0) is 4.79 Å². The van der Waals surface area contributed by atoms with Gasteiger partial charge in [0.25, 0.3) is 0 Å². The maximum absolute atomic E-state index is 11.1. The number of nitrogens with zero attached hydrogens (tertiary/aromatic N) is 1. The van der Waals surface area contributed by atoms with E-state index in [-0.39, 0.29) is 0 Å². The summed E-state index contributed by atoms with van der Waals surface area (Å²) in [6.45, 7) is 7.08. The number of amides is 1. The van der Waals surface area contributed by atoms with Crippen molar-refractivity contribution in [3.8, 4) is 0 Å². The standard InChI is InChI=1S/C16H19N3O.C7H16/c1-3-19(12-20)16-10-9-14(11-15(16)17-2)18-13-7-5-4-6-8-13;1-3-5-7-6-4-2/h4-12,17-18H,3H2,1-2H3;3-7H2,1-2H3. The summed E-state index contributed by atoms with van der Waals surface area (Å²) in [5, 5.41) is 6.46. The molecule has 4 heteroatoms. The lowest BCUT2D eigenvalue weighted by Gasteiger charge is -2.20. The van der Waals surface area contributed by atoms with E-state index >= 15 is 0 Å². The molecule has 2 aromatic carbocycles. The van der Waals surface area contributed by atoms with Crippen LogP contribution in [0.5, 0.6) is 0 Å². The zero-order valence-corrected chi connectivity index (χ0v) is 17.3. The van der Waals surface area contributed by atoms with Crippen molar-refractivity contribution < 1.29 is 4.79 Å². The van der Waals surface area contributed by atoms with E-state index in [0.29, 0.717) is 6.54 Å². The van der Waals surface area contributed by atoms with Gasteiger partial charge in [0.1, 0.15) is 0 Å². The van der Waals surface area contributed by atoms with Crippen LogP contribution in [0.3, 0.4) is 0 Å². The molecule has 148 valence electrons. The first-order valence-corrected chi connectivity index (χ1v) is 10.1. The first-order chi connectivity index (χ1) is 13.2. The molecule has 27 heavy (non-hydrogen) atoms. The summed E-state index contributed by atoms with van der Waals surface area (Å²) in [5.74, 6) is 0. The molecule has 2 rings (SSSR count). The lowest BCUT2D eigenvalue weighted by Crippen LogP contribution is -2.21. The third-order valence-corrected chi connectivity index (χ3v) is 4.31. The van der Waals surface area contributed by atoms with Gasteiger partial charge in [0.05, 0.1) is 11.4 Å². The molecule has 1 amide bonds. The zero-order valence-electron chi connectivity index (χ0n) is 17.3. The molecule has 4 nitrogen and oxygen atoms in total. The van der Waals surface area contributed by atoms with Gasteiger partial charge in [-0.2, -0.15) is 0 Å². The van der Waals surface area contributed by atoms with Crippen molar-refractivity contribution in [2.45, 2.75) is 52.9 Å². The van der Waals surface area contributed by atoms with Crippen molar-refractivity contribution in [3.05, 3.63) is 48.5 Å². The number of para-hydroxylation sites is 1. The molecule has 0 bridgehead atoms. The maximum Gasteiger partial charge on any atom is 0.214 e. The summed E-state index contributed by atoms with van der Waals surface area (Å²) < 4.78 is 0. The Balaban J connectivity index is 0.000000445. The van der Waals surface area contributed by atoms with Gasteiger partial charge in [-0.3, -0.25) is 4.79 Å². The van der Waals surface area contributed by atoms with Crippen LogP contribution in [0.4, 0.5) is 22.7 Å². The Morgan fingerprint density at radius 1 is 0.889 bits per heavy atom. The van der Waals surface area contributed by atoms with Crippen molar-refractivity contribution >= 4 is 29.2 Å². The fraction of sp³-hybridized carbons (Fsp3) is 0.435. The fourth-order valence-electron chi connectivity index (χ4n) is 2.73. The topological polar surface area (TPSA) is 44.4 Å². The first kappa shape index (κ1) is 22.6. The van der Waals surface area contributed by atoms with Crippen LogP contribution in [0.25, 0.3) is 0 Å². The number of hydrogen-bond acceptors (Lipinski definition) is 3. The van der Waals surface area contributed by atoms with E-state index in [0.717, 1.165) is 29.2 Å². The summed E-state index contributed by atoms with van der Waals surface area (Å²) >= 11 is 0. The highest BCUT2D eigenvalue weighted by Gasteiger charge is 2.09. The number of hydrogen-bond donors (Lipinski definition) is 2. The van der Waals surface area contributed by atoms with Gasteiger partial charge >= 0.3 is 0 Å². The van der Waals surface area contributed by atoms with Crippen LogP contribution < -0.4 is 15.5 Å². The highest BCUT2D eigenvalue weighted by molar-refractivity contribution is 5.85. The minimum Gasteiger partial charge on any atom is -0.386 e. The van der Waals surface area contributed by atoms with E-state index in [1.165, 1.54) is 32.1 Å². The molecule has 0 fully saturated rings. The van der Waals surface area contributed by atoms with E-state index in [4.69, 9.17) is 0 Å². The molecule has 0 atom stereocenters. The molecule has 0 saturated heterocycles.